The van der Waals surface area contributed by atoms with E-state index >= 15 is 0 Å². The molecule has 0 aliphatic carbocycles. The Bertz CT molecular complexity index is 1290. The van der Waals surface area contributed by atoms with E-state index in [0.29, 0.717) is 33.5 Å². The van der Waals surface area contributed by atoms with E-state index in [1.807, 2.05) is 12.1 Å². The lowest BCUT2D eigenvalue weighted by molar-refractivity contribution is -0.123. The second-order valence-electron chi connectivity index (χ2n) is 6.45. The number of carbonyl (C=O) groups excluding carboxylic acids is 2. The highest BCUT2D eigenvalue weighted by Crippen LogP contribution is 2.25. The van der Waals surface area contributed by atoms with Crippen molar-refractivity contribution in [3.8, 4) is 23.3 Å². The number of benzene rings is 2. The van der Waals surface area contributed by atoms with Crippen LogP contribution in [0.5, 0.6) is 5.75 Å². The molecule has 2 heterocycles. The summed E-state index contributed by atoms with van der Waals surface area (Å²) in [7, 11) is 0. The first-order chi connectivity index (χ1) is 15.2. The number of nitrogens with zero attached hydrogens (tertiary/aromatic N) is 2. The van der Waals surface area contributed by atoms with Crippen LogP contribution in [0.3, 0.4) is 0 Å². The second-order valence-corrected chi connectivity index (χ2v) is 6.45. The van der Waals surface area contributed by atoms with Crippen LogP contribution in [0.25, 0.3) is 22.4 Å². The lowest BCUT2D eigenvalue weighted by Gasteiger charge is -2.11. The number of hydrogen-bond donors (Lipinski definition) is 2. The highest BCUT2D eigenvalue weighted by Gasteiger charge is 2.16. The van der Waals surface area contributed by atoms with E-state index in [9.17, 15) is 9.59 Å². The van der Waals surface area contributed by atoms with Crippen LogP contribution in [0.1, 0.15) is 15.9 Å². The smallest absolute Gasteiger partial charge is 0.276 e. The van der Waals surface area contributed by atoms with Gasteiger partial charge in [-0.1, -0.05) is 30.3 Å². The molecular formula is C23H16N4O4. The molecule has 0 atom stereocenters. The number of amides is 2. The number of para-hydroxylation sites is 2. The Morgan fingerprint density at radius 1 is 1.03 bits per heavy atom. The Kier molecular flexibility index (Phi) is 5.58. The van der Waals surface area contributed by atoms with Crippen molar-refractivity contribution < 1.29 is 18.7 Å². The molecule has 4 rings (SSSR count). The summed E-state index contributed by atoms with van der Waals surface area (Å²) in [5.74, 6) is -0.286. The molecule has 2 amide bonds. The number of aromatic nitrogens is 1. The molecule has 0 unspecified atom stereocenters. The van der Waals surface area contributed by atoms with E-state index in [2.05, 4.69) is 15.8 Å². The molecule has 0 radical (unpaired) electrons. The standard InChI is InChI=1S/C23H16N4O4/c24-13-15-6-1-4-9-20(15)31-14-22(28)26-27-23(29)17-12-19(21-10-5-11-30-21)25-18-8-3-2-7-16(17)18/h1-12H,14H2,(H,26,28)(H,27,29). The van der Waals surface area contributed by atoms with Crippen LogP contribution in [0, 0.1) is 11.3 Å². The van der Waals surface area contributed by atoms with Gasteiger partial charge in [0.05, 0.1) is 22.9 Å². The molecule has 31 heavy (non-hydrogen) atoms. The summed E-state index contributed by atoms with van der Waals surface area (Å²) < 4.78 is 10.7. The predicted octanol–water partition coefficient (Wildman–Crippen LogP) is 3.21. The van der Waals surface area contributed by atoms with Crippen LogP contribution in [0.15, 0.2) is 77.4 Å². The van der Waals surface area contributed by atoms with Crippen molar-refractivity contribution in [1.29, 1.82) is 5.26 Å². The van der Waals surface area contributed by atoms with Gasteiger partial charge in [0.1, 0.15) is 17.5 Å². The first-order valence-corrected chi connectivity index (χ1v) is 9.30. The van der Waals surface area contributed by atoms with Crippen molar-refractivity contribution in [3.05, 3.63) is 84.1 Å². The van der Waals surface area contributed by atoms with Crippen molar-refractivity contribution >= 4 is 22.7 Å². The summed E-state index contributed by atoms with van der Waals surface area (Å²) in [4.78, 5) is 29.4. The van der Waals surface area contributed by atoms with E-state index in [4.69, 9.17) is 14.4 Å². The Hall–Kier alpha value is -4.64. The van der Waals surface area contributed by atoms with Gasteiger partial charge >= 0.3 is 0 Å². The number of hydrazine groups is 1. The van der Waals surface area contributed by atoms with Crippen LogP contribution in [0.2, 0.25) is 0 Å². The number of pyridine rings is 1. The highest BCUT2D eigenvalue weighted by atomic mass is 16.5. The Balaban J connectivity index is 1.47. The summed E-state index contributed by atoms with van der Waals surface area (Å²) in [6, 6.07) is 20.8. The third kappa shape index (κ3) is 4.36. The average molecular weight is 412 g/mol. The summed E-state index contributed by atoms with van der Waals surface area (Å²) >= 11 is 0. The molecule has 0 fully saturated rings. The Labute approximate surface area is 177 Å². The molecule has 0 bridgehead atoms. The minimum absolute atomic E-state index is 0.287. The van der Waals surface area contributed by atoms with Crippen LogP contribution in [-0.2, 0) is 4.79 Å². The number of rotatable bonds is 5. The van der Waals surface area contributed by atoms with Crippen molar-refractivity contribution in [2.45, 2.75) is 0 Å². The maximum absolute atomic E-state index is 12.8. The van der Waals surface area contributed by atoms with Crippen LogP contribution in [-0.4, -0.2) is 23.4 Å². The molecule has 0 aliphatic heterocycles. The van der Waals surface area contributed by atoms with Crippen molar-refractivity contribution in [2.75, 3.05) is 6.61 Å². The van der Waals surface area contributed by atoms with Gasteiger partial charge in [-0.05, 0) is 36.4 Å². The van der Waals surface area contributed by atoms with Crippen LogP contribution < -0.4 is 15.6 Å². The largest absolute Gasteiger partial charge is 0.482 e. The van der Waals surface area contributed by atoms with Crippen molar-refractivity contribution in [1.82, 2.24) is 15.8 Å². The van der Waals surface area contributed by atoms with Gasteiger partial charge in [-0.2, -0.15) is 5.26 Å². The molecule has 4 aromatic rings. The molecule has 2 aromatic carbocycles. The van der Waals surface area contributed by atoms with Gasteiger partial charge in [-0.25, -0.2) is 4.98 Å². The number of furan rings is 1. The summed E-state index contributed by atoms with van der Waals surface area (Å²) in [6.07, 6.45) is 1.52. The van der Waals surface area contributed by atoms with Gasteiger partial charge in [-0.3, -0.25) is 20.4 Å². The zero-order valence-corrected chi connectivity index (χ0v) is 16.2. The van der Waals surface area contributed by atoms with Gasteiger partial charge in [0.2, 0.25) is 0 Å². The highest BCUT2D eigenvalue weighted by molar-refractivity contribution is 6.07. The van der Waals surface area contributed by atoms with Crippen LogP contribution in [0.4, 0.5) is 0 Å². The van der Waals surface area contributed by atoms with E-state index in [-0.39, 0.29) is 12.4 Å². The molecule has 0 saturated heterocycles. The fourth-order valence-electron chi connectivity index (χ4n) is 2.97. The quantitative estimate of drug-likeness (QED) is 0.486. The van der Waals surface area contributed by atoms with E-state index in [1.165, 1.54) is 6.26 Å². The van der Waals surface area contributed by atoms with E-state index in [1.54, 1.807) is 60.7 Å². The zero-order valence-electron chi connectivity index (χ0n) is 16.2. The Morgan fingerprint density at radius 3 is 2.65 bits per heavy atom. The van der Waals surface area contributed by atoms with Gasteiger partial charge in [0.25, 0.3) is 11.8 Å². The molecule has 0 saturated carbocycles. The number of nitriles is 1. The van der Waals surface area contributed by atoms with Gasteiger partial charge < -0.3 is 9.15 Å². The monoisotopic (exact) mass is 412 g/mol. The van der Waals surface area contributed by atoms with E-state index in [0.717, 1.165) is 0 Å². The lowest BCUT2D eigenvalue weighted by atomic mass is 10.1. The minimum Gasteiger partial charge on any atom is -0.482 e. The third-order valence-electron chi connectivity index (χ3n) is 4.42. The third-order valence-corrected chi connectivity index (χ3v) is 4.42. The van der Waals surface area contributed by atoms with Gasteiger partial charge in [0, 0.05) is 5.39 Å². The number of carbonyl (C=O) groups is 2. The number of nitrogens with one attached hydrogen (secondary N) is 2. The SMILES string of the molecule is N#Cc1ccccc1OCC(=O)NNC(=O)c1cc(-c2ccco2)nc2ccccc12. The fraction of sp³-hybridized carbons (Fsp3) is 0.0435. The van der Waals surface area contributed by atoms with Gasteiger partial charge in [-0.15, -0.1) is 0 Å². The summed E-state index contributed by atoms with van der Waals surface area (Å²) in [6.45, 7) is -0.367. The molecule has 8 heteroatoms. The van der Waals surface area contributed by atoms with Crippen LogP contribution >= 0.6 is 0 Å². The molecule has 2 aromatic heterocycles. The number of fused-ring (bicyclic) bond motifs is 1. The van der Waals surface area contributed by atoms with Crippen molar-refractivity contribution in [3.63, 3.8) is 0 Å². The molecule has 152 valence electrons. The first-order valence-electron chi connectivity index (χ1n) is 9.30. The van der Waals surface area contributed by atoms with Crippen molar-refractivity contribution in [2.24, 2.45) is 0 Å². The maximum atomic E-state index is 12.8. The summed E-state index contributed by atoms with van der Waals surface area (Å²) in [5, 5.41) is 9.69. The minimum atomic E-state index is -0.578. The van der Waals surface area contributed by atoms with Gasteiger partial charge in [0.15, 0.2) is 12.4 Å². The molecule has 0 spiro atoms. The topological polar surface area (TPSA) is 117 Å². The number of ether oxygens (including phenoxy) is 1. The molecule has 8 nitrogen and oxygen atoms in total. The molecular weight excluding hydrogens is 396 g/mol. The lowest BCUT2D eigenvalue weighted by Crippen LogP contribution is -2.44. The van der Waals surface area contributed by atoms with E-state index < -0.39 is 11.8 Å². The Morgan fingerprint density at radius 2 is 1.84 bits per heavy atom. The predicted molar refractivity (Wildman–Crippen MR) is 112 cm³/mol. The summed E-state index contributed by atoms with van der Waals surface area (Å²) in [5.41, 5.74) is 6.46. The second kappa shape index (κ2) is 8.80. The fourth-order valence-corrected chi connectivity index (χ4v) is 2.97. The normalized spacial score (nSPS) is 10.3. The molecule has 2 N–H and O–H groups in total. The zero-order chi connectivity index (χ0) is 21.6. The average Bonchev–Trinajstić information content (AvgIpc) is 3.35. The first kappa shape index (κ1) is 19.7. The maximum Gasteiger partial charge on any atom is 0.276 e. The number of hydrogen-bond acceptors (Lipinski definition) is 6. The molecule has 0 aliphatic rings.